The number of nitrogens with zero attached hydrogens (tertiary/aromatic N) is 3. The molecule has 3 aromatic rings. The van der Waals surface area contributed by atoms with Crippen molar-refractivity contribution in [2.45, 2.75) is 20.0 Å². The Morgan fingerprint density at radius 3 is 2.76 bits per heavy atom. The smallest absolute Gasteiger partial charge is 0.322 e. The van der Waals surface area contributed by atoms with Gasteiger partial charge in [0, 0.05) is 5.39 Å². The largest absolute Gasteiger partial charge is 0.461 e. The average molecular weight is 288 g/mol. The van der Waals surface area contributed by atoms with E-state index < -0.39 is 0 Å². The van der Waals surface area contributed by atoms with Gasteiger partial charge in [0.2, 0.25) is 11.8 Å². The molecule has 3 rings (SSSR count). The fraction of sp³-hybridized carbons (Fsp3) is 0.214. The Morgan fingerprint density at radius 1 is 1.19 bits per heavy atom. The minimum absolute atomic E-state index is 0.0299. The van der Waals surface area contributed by atoms with E-state index in [1.807, 2.05) is 13.8 Å². The van der Waals surface area contributed by atoms with Crippen molar-refractivity contribution in [2.24, 2.45) is 0 Å². The zero-order chi connectivity index (χ0) is 15.0. The summed E-state index contributed by atoms with van der Waals surface area (Å²) in [5.41, 5.74) is 6.19. The van der Waals surface area contributed by atoms with Crippen LogP contribution in [0.3, 0.4) is 0 Å². The number of fused-ring (bicyclic) bond motifs is 1. The van der Waals surface area contributed by atoms with E-state index in [4.69, 9.17) is 14.9 Å². The molecule has 7 heteroatoms. The summed E-state index contributed by atoms with van der Waals surface area (Å²) in [6.07, 6.45) is -0.0931. The summed E-state index contributed by atoms with van der Waals surface area (Å²) < 4.78 is 24.2. The minimum atomic E-state index is -0.339. The van der Waals surface area contributed by atoms with Crippen molar-refractivity contribution in [1.82, 2.24) is 15.0 Å². The van der Waals surface area contributed by atoms with Gasteiger partial charge >= 0.3 is 6.01 Å². The fourth-order valence-electron chi connectivity index (χ4n) is 1.87. The van der Waals surface area contributed by atoms with Gasteiger partial charge in [0.1, 0.15) is 11.4 Å². The Bertz CT molecular complexity index is 801. The number of furan rings is 1. The van der Waals surface area contributed by atoms with Gasteiger partial charge in [-0.15, -0.1) is 0 Å². The molecular formula is C14H13FN4O2. The Balaban J connectivity index is 2.06. The van der Waals surface area contributed by atoms with Gasteiger partial charge in [-0.2, -0.15) is 15.0 Å². The molecular weight excluding hydrogens is 275 g/mol. The van der Waals surface area contributed by atoms with Crippen molar-refractivity contribution in [3.05, 3.63) is 30.1 Å². The highest BCUT2D eigenvalue weighted by Crippen LogP contribution is 2.27. The third-order valence-electron chi connectivity index (χ3n) is 2.67. The number of nitrogens with two attached hydrogens (primary N) is 1. The van der Waals surface area contributed by atoms with Crippen molar-refractivity contribution >= 4 is 16.9 Å². The van der Waals surface area contributed by atoms with E-state index in [-0.39, 0.29) is 29.7 Å². The van der Waals surface area contributed by atoms with Crippen LogP contribution in [-0.2, 0) is 0 Å². The molecule has 6 nitrogen and oxygen atoms in total. The molecule has 0 aliphatic heterocycles. The number of anilines is 1. The molecule has 0 amide bonds. The first-order chi connectivity index (χ1) is 10.0. The predicted molar refractivity (Wildman–Crippen MR) is 75.2 cm³/mol. The summed E-state index contributed by atoms with van der Waals surface area (Å²) in [4.78, 5) is 12.1. The number of benzene rings is 1. The molecule has 1 aromatic carbocycles. The van der Waals surface area contributed by atoms with E-state index in [9.17, 15) is 4.39 Å². The van der Waals surface area contributed by atoms with Crippen LogP contribution in [0.25, 0.3) is 22.6 Å². The van der Waals surface area contributed by atoms with Crippen LogP contribution >= 0.6 is 0 Å². The van der Waals surface area contributed by atoms with Gasteiger partial charge in [0.05, 0.1) is 6.10 Å². The lowest BCUT2D eigenvalue weighted by Gasteiger charge is -2.08. The maximum absolute atomic E-state index is 13.2. The van der Waals surface area contributed by atoms with Crippen LogP contribution in [0.15, 0.2) is 28.7 Å². The van der Waals surface area contributed by atoms with E-state index in [1.165, 1.54) is 12.1 Å². The molecule has 0 radical (unpaired) electrons. The van der Waals surface area contributed by atoms with Gasteiger partial charge in [-0.3, -0.25) is 0 Å². The normalized spacial score (nSPS) is 11.2. The number of halogens is 1. The Morgan fingerprint density at radius 2 is 2.00 bits per heavy atom. The molecule has 2 N–H and O–H groups in total. The summed E-state index contributed by atoms with van der Waals surface area (Å²) in [7, 11) is 0. The zero-order valence-corrected chi connectivity index (χ0v) is 11.5. The van der Waals surface area contributed by atoms with Crippen LogP contribution in [0.4, 0.5) is 10.3 Å². The molecule has 0 unspecified atom stereocenters. The molecule has 2 aromatic heterocycles. The molecule has 0 spiro atoms. The van der Waals surface area contributed by atoms with E-state index in [2.05, 4.69) is 15.0 Å². The molecule has 0 fully saturated rings. The summed E-state index contributed by atoms with van der Waals surface area (Å²) in [5, 5.41) is 0.621. The highest BCUT2D eigenvalue weighted by molar-refractivity contribution is 5.81. The minimum Gasteiger partial charge on any atom is -0.461 e. The maximum atomic E-state index is 13.2. The second-order valence-electron chi connectivity index (χ2n) is 4.76. The molecule has 0 aliphatic carbocycles. The summed E-state index contributed by atoms with van der Waals surface area (Å²) in [6.45, 7) is 3.70. The Labute approximate surface area is 119 Å². The molecule has 0 saturated carbocycles. The van der Waals surface area contributed by atoms with Crippen molar-refractivity contribution < 1.29 is 13.5 Å². The first-order valence-electron chi connectivity index (χ1n) is 6.39. The second kappa shape index (κ2) is 5.01. The van der Waals surface area contributed by atoms with E-state index in [0.29, 0.717) is 16.7 Å². The summed E-state index contributed by atoms with van der Waals surface area (Å²) >= 11 is 0. The first kappa shape index (κ1) is 13.3. The zero-order valence-electron chi connectivity index (χ0n) is 11.5. The monoisotopic (exact) mass is 288 g/mol. The average Bonchev–Trinajstić information content (AvgIpc) is 2.80. The predicted octanol–water partition coefficient (Wildman–Crippen LogP) is 2.79. The van der Waals surface area contributed by atoms with E-state index >= 15 is 0 Å². The molecule has 2 heterocycles. The van der Waals surface area contributed by atoms with Gasteiger partial charge in [-0.1, -0.05) is 0 Å². The van der Waals surface area contributed by atoms with Crippen molar-refractivity contribution in [3.8, 4) is 17.6 Å². The molecule has 0 atom stereocenters. The lowest BCUT2D eigenvalue weighted by molar-refractivity contribution is 0.222. The lowest BCUT2D eigenvalue weighted by Crippen LogP contribution is -2.10. The van der Waals surface area contributed by atoms with Crippen molar-refractivity contribution in [2.75, 3.05) is 5.73 Å². The second-order valence-corrected chi connectivity index (χ2v) is 4.76. The van der Waals surface area contributed by atoms with Gasteiger partial charge in [0.25, 0.3) is 0 Å². The highest BCUT2D eigenvalue weighted by atomic mass is 19.1. The van der Waals surface area contributed by atoms with Crippen LogP contribution in [0.2, 0.25) is 0 Å². The quantitative estimate of drug-likeness (QED) is 0.797. The standard InChI is InChI=1S/C14H13FN4O2/c1-7(2)20-14-18-12(17-13(16)19-14)11-6-8-5-9(15)3-4-10(8)21-11/h3-7H,1-2H3,(H2,16,17,18,19). The van der Waals surface area contributed by atoms with Crippen LogP contribution in [0.5, 0.6) is 6.01 Å². The first-order valence-corrected chi connectivity index (χ1v) is 6.39. The summed E-state index contributed by atoms with van der Waals surface area (Å²) in [5.74, 6) is 0.309. The number of rotatable bonds is 3. The van der Waals surface area contributed by atoms with E-state index in [1.54, 1.807) is 12.1 Å². The third-order valence-corrected chi connectivity index (χ3v) is 2.67. The number of aromatic nitrogens is 3. The number of hydrogen-bond acceptors (Lipinski definition) is 6. The molecule has 0 saturated heterocycles. The summed E-state index contributed by atoms with van der Waals surface area (Å²) in [6, 6.07) is 6.01. The van der Waals surface area contributed by atoms with Gasteiger partial charge in [0.15, 0.2) is 5.76 Å². The van der Waals surface area contributed by atoms with Crippen LogP contribution < -0.4 is 10.5 Å². The Hall–Kier alpha value is -2.70. The van der Waals surface area contributed by atoms with Crippen LogP contribution in [-0.4, -0.2) is 21.1 Å². The van der Waals surface area contributed by atoms with Gasteiger partial charge in [-0.05, 0) is 38.1 Å². The van der Waals surface area contributed by atoms with Gasteiger partial charge < -0.3 is 14.9 Å². The van der Waals surface area contributed by atoms with Crippen LogP contribution in [0.1, 0.15) is 13.8 Å². The molecule has 0 aliphatic rings. The van der Waals surface area contributed by atoms with Gasteiger partial charge in [-0.25, -0.2) is 4.39 Å². The molecule has 108 valence electrons. The van der Waals surface area contributed by atoms with Crippen LogP contribution in [0, 0.1) is 5.82 Å². The molecule has 0 bridgehead atoms. The Kier molecular flexibility index (Phi) is 3.17. The fourth-order valence-corrected chi connectivity index (χ4v) is 1.87. The number of nitrogen functional groups attached to an aromatic ring is 1. The van der Waals surface area contributed by atoms with Crippen molar-refractivity contribution in [3.63, 3.8) is 0 Å². The SMILES string of the molecule is CC(C)Oc1nc(N)nc(-c2cc3cc(F)ccc3o2)n1. The lowest BCUT2D eigenvalue weighted by atomic mass is 10.2. The maximum Gasteiger partial charge on any atom is 0.322 e. The van der Waals surface area contributed by atoms with E-state index in [0.717, 1.165) is 0 Å². The number of ether oxygens (including phenoxy) is 1. The highest BCUT2D eigenvalue weighted by Gasteiger charge is 2.13. The number of hydrogen-bond donors (Lipinski definition) is 1. The third kappa shape index (κ3) is 2.76. The molecule has 21 heavy (non-hydrogen) atoms. The topological polar surface area (TPSA) is 87.1 Å². The van der Waals surface area contributed by atoms with Crippen molar-refractivity contribution in [1.29, 1.82) is 0 Å².